The number of likely N-dealkylation sites (tertiary alicyclic amines) is 1. The number of nitrogens with one attached hydrogen (secondary N) is 1. The summed E-state index contributed by atoms with van der Waals surface area (Å²) in [7, 11) is 3.21. The van der Waals surface area contributed by atoms with Gasteiger partial charge in [-0.15, -0.1) is 0 Å². The smallest absolute Gasteiger partial charge is 0.338 e. The number of carbonyl (C=O) groups is 2. The summed E-state index contributed by atoms with van der Waals surface area (Å²) in [5, 5.41) is 22.8. The summed E-state index contributed by atoms with van der Waals surface area (Å²) in [6, 6.07) is 3.84. The van der Waals surface area contributed by atoms with Gasteiger partial charge in [-0.25, -0.2) is 4.79 Å². The van der Waals surface area contributed by atoms with Crippen LogP contribution >= 0.6 is 0 Å². The molecule has 0 saturated carbocycles. The first-order chi connectivity index (χ1) is 10.8. The van der Waals surface area contributed by atoms with Crippen molar-refractivity contribution in [1.29, 1.82) is 0 Å². The number of phenols is 1. The molecule has 0 aliphatic carbocycles. The fourth-order valence-corrected chi connectivity index (χ4v) is 2.54. The third-order valence-electron chi connectivity index (χ3n) is 4.10. The Bertz CT molecular complexity index is 594. The Morgan fingerprint density at radius 3 is 2.48 bits per heavy atom. The average Bonchev–Trinajstić information content (AvgIpc) is 2.54. The molecular formula is C16H22N2O5. The largest absolute Gasteiger partial charge is 0.508 e. The van der Waals surface area contributed by atoms with Crippen molar-refractivity contribution in [2.75, 3.05) is 33.8 Å². The molecule has 1 saturated heterocycles. The Hall–Kier alpha value is -2.12. The van der Waals surface area contributed by atoms with E-state index in [1.165, 1.54) is 25.3 Å². The SMILES string of the molecule is COC(=O)c1cc(O)cc(C(=O)NCC2(O)CCN(C)CC2)c1. The normalized spacial score (nSPS) is 17.5. The third-order valence-corrected chi connectivity index (χ3v) is 4.10. The van der Waals surface area contributed by atoms with Crippen LogP contribution in [0.25, 0.3) is 0 Å². The van der Waals surface area contributed by atoms with Crippen LogP contribution in [0.5, 0.6) is 5.75 Å². The molecule has 1 aliphatic heterocycles. The average molecular weight is 322 g/mol. The molecule has 0 bridgehead atoms. The van der Waals surface area contributed by atoms with Crippen LogP contribution in [0.3, 0.4) is 0 Å². The van der Waals surface area contributed by atoms with Crippen LogP contribution in [-0.2, 0) is 4.74 Å². The number of benzene rings is 1. The van der Waals surface area contributed by atoms with E-state index in [1.54, 1.807) is 0 Å². The van der Waals surface area contributed by atoms with E-state index in [9.17, 15) is 19.8 Å². The van der Waals surface area contributed by atoms with Gasteiger partial charge in [0.1, 0.15) is 5.75 Å². The fraction of sp³-hybridized carbons (Fsp3) is 0.500. The minimum atomic E-state index is -0.926. The number of esters is 1. The number of phenolic OH excluding ortho intramolecular Hbond substituents is 1. The van der Waals surface area contributed by atoms with Crippen LogP contribution in [-0.4, -0.2) is 66.4 Å². The number of aliphatic hydroxyl groups is 1. The first-order valence-corrected chi connectivity index (χ1v) is 7.44. The lowest BCUT2D eigenvalue weighted by Crippen LogP contribution is -2.50. The molecule has 3 N–H and O–H groups in total. The minimum Gasteiger partial charge on any atom is -0.508 e. The van der Waals surface area contributed by atoms with Gasteiger partial charge in [-0.3, -0.25) is 4.79 Å². The van der Waals surface area contributed by atoms with E-state index >= 15 is 0 Å². The predicted octanol–water partition coefficient (Wildman–Crippen LogP) is 0.365. The van der Waals surface area contributed by atoms with Crippen molar-refractivity contribution in [1.82, 2.24) is 10.2 Å². The van der Waals surface area contributed by atoms with Crippen molar-refractivity contribution in [2.24, 2.45) is 0 Å². The van der Waals surface area contributed by atoms with Gasteiger partial charge in [0, 0.05) is 25.2 Å². The van der Waals surface area contributed by atoms with Crippen molar-refractivity contribution < 1.29 is 24.5 Å². The molecule has 0 radical (unpaired) electrons. The Labute approximate surface area is 134 Å². The van der Waals surface area contributed by atoms with Crippen LogP contribution in [0.15, 0.2) is 18.2 Å². The molecule has 1 aromatic carbocycles. The van der Waals surface area contributed by atoms with Gasteiger partial charge in [-0.1, -0.05) is 0 Å². The highest BCUT2D eigenvalue weighted by Crippen LogP contribution is 2.21. The van der Waals surface area contributed by atoms with Crippen LogP contribution in [0, 0.1) is 0 Å². The maximum absolute atomic E-state index is 12.2. The summed E-state index contributed by atoms with van der Waals surface area (Å²) >= 11 is 0. The molecule has 1 fully saturated rings. The summed E-state index contributed by atoms with van der Waals surface area (Å²) in [5.74, 6) is -1.29. The molecule has 126 valence electrons. The van der Waals surface area contributed by atoms with Gasteiger partial charge in [0.25, 0.3) is 5.91 Å². The molecule has 0 atom stereocenters. The quantitative estimate of drug-likeness (QED) is 0.693. The van der Waals surface area contributed by atoms with E-state index < -0.39 is 17.5 Å². The lowest BCUT2D eigenvalue weighted by Gasteiger charge is -2.36. The number of hydrogen-bond acceptors (Lipinski definition) is 6. The second-order valence-corrected chi connectivity index (χ2v) is 5.97. The second kappa shape index (κ2) is 6.97. The fourth-order valence-electron chi connectivity index (χ4n) is 2.54. The second-order valence-electron chi connectivity index (χ2n) is 5.97. The molecule has 7 nitrogen and oxygen atoms in total. The number of nitrogens with zero attached hydrogens (tertiary/aromatic N) is 1. The van der Waals surface area contributed by atoms with Crippen molar-refractivity contribution in [3.63, 3.8) is 0 Å². The van der Waals surface area contributed by atoms with Crippen LogP contribution < -0.4 is 5.32 Å². The highest BCUT2D eigenvalue weighted by atomic mass is 16.5. The number of ether oxygens (including phenoxy) is 1. The molecule has 23 heavy (non-hydrogen) atoms. The van der Waals surface area contributed by atoms with Crippen LogP contribution in [0.4, 0.5) is 0 Å². The minimum absolute atomic E-state index is 0.0932. The van der Waals surface area contributed by atoms with Crippen LogP contribution in [0.2, 0.25) is 0 Å². The Kier molecular flexibility index (Phi) is 5.23. The number of rotatable bonds is 4. The molecule has 2 rings (SSSR count). The lowest BCUT2D eigenvalue weighted by molar-refractivity contribution is -0.0135. The summed E-state index contributed by atoms with van der Waals surface area (Å²) < 4.78 is 4.58. The Morgan fingerprint density at radius 2 is 1.87 bits per heavy atom. The number of hydrogen-bond donors (Lipinski definition) is 3. The summed E-state index contributed by atoms with van der Waals surface area (Å²) in [6.07, 6.45) is 1.16. The maximum Gasteiger partial charge on any atom is 0.338 e. The Balaban J connectivity index is 2.03. The van der Waals surface area contributed by atoms with Gasteiger partial charge in [0.05, 0.1) is 18.3 Å². The van der Waals surface area contributed by atoms with E-state index in [-0.39, 0.29) is 23.4 Å². The number of piperidine rings is 1. The van der Waals surface area contributed by atoms with Crippen molar-refractivity contribution in [2.45, 2.75) is 18.4 Å². The maximum atomic E-state index is 12.2. The molecule has 1 amide bonds. The number of methoxy groups -OCH3 is 1. The van der Waals surface area contributed by atoms with Crippen LogP contribution in [0.1, 0.15) is 33.6 Å². The highest BCUT2D eigenvalue weighted by molar-refractivity contribution is 5.98. The standard InChI is InChI=1S/C16H22N2O5/c1-18-5-3-16(22,4-6-18)10-17-14(20)11-7-12(15(21)23-2)9-13(19)8-11/h7-9,19,22H,3-6,10H2,1-2H3,(H,17,20). The molecule has 0 spiro atoms. The topological polar surface area (TPSA) is 99.1 Å². The van der Waals surface area contributed by atoms with Crippen molar-refractivity contribution in [3.8, 4) is 5.75 Å². The predicted molar refractivity (Wildman–Crippen MR) is 83.5 cm³/mol. The zero-order valence-electron chi connectivity index (χ0n) is 13.3. The molecule has 1 aromatic rings. The molecule has 7 heteroatoms. The first kappa shape index (κ1) is 17.2. The summed E-state index contributed by atoms with van der Waals surface area (Å²) in [5.41, 5.74) is -0.693. The van der Waals surface area contributed by atoms with E-state index in [2.05, 4.69) is 15.0 Å². The van der Waals surface area contributed by atoms with Gasteiger partial charge in [-0.05, 0) is 38.1 Å². The molecule has 0 aromatic heterocycles. The number of aromatic hydroxyl groups is 1. The highest BCUT2D eigenvalue weighted by Gasteiger charge is 2.31. The zero-order valence-corrected chi connectivity index (χ0v) is 13.3. The van der Waals surface area contributed by atoms with E-state index in [4.69, 9.17) is 0 Å². The van der Waals surface area contributed by atoms with Gasteiger partial charge in [0.2, 0.25) is 0 Å². The molecule has 1 heterocycles. The summed E-state index contributed by atoms with van der Waals surface area (Å²) in [6.45, 7) is 1.67. The number of amides is 1. The van der Waals surface area contributed by atoms with Gasteiger partial charge in [-0.2, -0.15) is 0 Å². The molecular weight excluding hydrogens is 300 g/mol. The van der Waals surface area contributed by atoms with Gasteiger partial charge in [0.15, 0.2) is 0 Å². The van der Waals surface area contributed by atoms with Gasteiger partial charge >= 0.3 is 5.97 Å². The first-order valence-electron chi connectivity index (χ1n) is 7.44. The third kappa shape index (κ3) is 4.43. The van der Waals surface area contributed by atoms with E-state index in [1.807, 2.05) is 7.05 Å². The van der Waals surface area contributed by atoms with Gasteiger partial charge < -0.3 is 25.2 Å². The molecule has 1 aliphatic rings. The van der Waals surface area contributed by atoms with Crippen molar-refractivity contribution >= 4 is 11.9 Å². The van der Waals surface area contributed by atoms with E-state index in [0.717, 1.165) is 13.1 Å². The van der Waals surface area contributed by atoms with Crippen molar-refractivity contribution in [3.05, 3.63) is 29.3 Å². The lowest BCUT2D eigenvalue weighted by atomic mass is 9.91. The van der Waals surface area contributed by atoms with E-state index in [0.29, 0.717) is 12.8 Å². The monoisotopic (exact) mass is 322 g/mol. The number of carbonyl (C=O) groups excluding carboxylic acids is 2. The molecule has 0 unspecified atom stereocenters. The summed E-state index contributed by atoms with van der Waals surface area (Å²) in [4.78, 5) is 25.9. The Morgan fingerprint density at radius 1 is 1.26 bits per heavy atom. The zero-order chi connectivity index (χ0) is 17.0.